The molecular weight excluding hydrogens is 424 g/mol. The molecule has 32 heavy (non-hydrogen) atoms. The van der Waals surface area contributed by atoms with Crippen LogP contribution in [-0.2, 0) is 9.84 Å². The van der Waals surface area contributed by atoms with Gasteiger partial charge in [0.25, 0.3) is 0 Å². The maximum absolute atomic E-state index is 12.8. The Bertz CT molecular complexity index is 1280. The summed E-state index contributed by atoms with van der Waals surface area (Å²) in [5.74, 6) is 3.28. The highest BCUT2D eigenvalue weighted by molar-refractivity contribution is 7.91. The highest BCUT2D eigenvalue weighted by atomic mass is 32.2. The molecule has 4 rings (SSSR count). The number of ether oxygens (including phenoxy) is 3. The van der Waals surface area contributed by atoms with Crippen LogP contribution in [0, 0.1) is 6.92 Å². The van der Waals surface area contributed by atoms with E-state index in [1.165, 1.54) is 0 Å². The summed E-state index contributed by atoms with van der Waals surface area (Å²) >= 11 is 0. The van der Waals surface area contributed by atoms with Crippen molar-refractivity contribution in [3.63, 3.8) is 0 Å². The average molecular weight is 447 g/mol. The third-order valence-corrected chi connectivity index (χ3v) is 6.61. The van der Waals surface area contributed by atoms with Crippen molar-refractivity contribution in [3.05, 3.63) is 103 Å². The molecule has 0 bridgehead atoms. The molecule has 0 spiro atoms. The smallest absolute Gasteiger partial charge is 0.206 e. The molecule has 0 aliphatic carbocycles. The number of sulfone groups is 1. The number of methoxy groups -OCH3 is 1. The van der Waals surface area contributed by atoms with Crippen LogP contribution in [0.25, 0.3) is 0 Å². The Hall–Kier alpha value is -3.77. The zero-order valence-corrected chi connectivity index (χ0v) is 18.5. The van der Waals surface area contributed by atoms with Crippen LogP contribution in [0.5, 0.6) is 28.7 Å². The Labute approximate surface area is 187 Å². The van der Waals surface area contributed by atoms with Crippen molar-refractivity contribution in [3.8, 4) is 28.7 Å². The maximum Gasteiger partial charge on any atom is 0.206 e. The summed E-state index contributed by atoms with van der Waals surface area (Å²) in [6.45, 7) is 1.92. The lowest BCUT2D eigenvalue weighted by Crippen LogP contribution is -2.01. The fourth-order valence-electron chi connectivity index (χ4n) is 3.03. The highest BCUT2D eigenvalue weighted by Gasteiger charge is 2.17. The number of aryl methyl sites for hydroxylation is 1. The molecule has 162 valence electrons. The van der Waals surface area contributed by atoms with Crippen molar-refractivity contribution in [1.82, 2.24) is 0 Å². The Morgan fingerprint density at radius 3 is 1.19 bits per heavy atom. The molecule has 0 radical (unpaired) electrons. The van der Waals surface area contributed by atoms with Crippen LogP contribution in [0.4, 0.5) is 0 Å². The van der Waals surface area contributed by atoms with E-state index in [-0.39, 0.29) is 9.79 Å². The molecule has 0 aromatic heterocycles. The molecule has 4 aromatic carbocycles. The molecule has 0 amide bonds. The summed E-state index contributed by atoms with van der Waals surface area (Å²) in [6, 6.07) is 27.7. The van der Waals surface area contributed by atoms with Crippen molar-refractivity contribution in [1.29, 1.82) is 0 Å². The van der Waals surface area contributed by atoms with Crippen molar-refractivity contribution in [2.75, 3.05) is 7.11 Å². The van der Waals surface area contributed by atoms with E-state index in [9.17, 15) is 8.42 Å². The van der Waals surface area contributed by atoms with Gasteiger partial charge in [0, 0.05) is 0 Å². The van der Waals surface area contributed by atoms with E-state index < -0.39 is 9.84 Å². The molecule has 0 saturated carbocycles. The second kappa shape index (κ2) is 9.16. The van der Waals surface area contributed by atoms with Gasteiger partial charge in [0.15, 0.2) is 0 Å². The first-order valence-corrected chi connectivity index (χ1v) is 11.4. The number of hydrogen-bond acceptors (Lipinski definition) is 5. The summed E-state index contributed by atoms with van der Waals surface area (Å²) in [7, 11) is -1.95. The van der Waals surface area contributed by atoms with E-state index in [1.807, 2.05) is 31.2 Å². The van der Waals surface area contributed by atoms with E-state index >= 15 is 0 Å². The van der Waals surface area contributed by atoms with Gasteiger partial charge in [0.05, 0.1) is 16.9 Å². The van der Waals surface area contributed by atoms with Crippen LogP contribution in [0.1, 0.15) is 5.56 Å². The third kappa shape index (κ3) is 4.92. The molecule has 0 saturated heterocycles. The molecular formula is C26H22O5S. The SMILES string of the molecule is COc1ccc(Oc2ccc(Oc3ccc(S(=O)(=O)c4ccc(C)cc4)cc3)cc2)cc1. The standard InChI is InChI=1S/C26H22O5S/c1-19-3-15-25(16-4-19)32(27,28)26-17-13-24(14-18-26)31-23-11-9-22(10-12-23)30-21-7-5-20(29-2)6-8-21/h3-18H,1-2H3. The fraction of sp³-hybridized carbons (Fsp3) is 0.0769. The van der Waals surface area contributed by atoms with E-state index in [0.717, 1.165) is 11.3 Å². The van der Waals surface area contributed by atoms with Gasteiger partial charge in [-0.2, -0.15) is 0 Å². The van der Waals surface area contributed by atoms with Crippen molar-refractivity contribution < 1.29 is 22.6 Å². The molecule has 5 nitrogen and oxygen atoms in total. The molecule has 0 unspecified atom stereocenters. The lowest BCUT2D eigenvalue weighted by Gasteiger charge is -2.10. The summed E-state index contributed by atoms with van der Waals surface area (Å²) in [5.41, 5.74) is 1.01. The normalized spacial score (nSPS) is 11.1. The first-order chi connectivity index (χ1) is 15.4. The van der Waals surface area contributed by atoms with Crippen molar-refractivity contribution in [2.24, 2.45) is 0 Å². The van der Waals surface area contributed by atoms with Gasteiger partial charge in [-0.05, 0) is 91.9 Å². The zero-order chi connectivity index (χ0) is 22.6. The minimum Gasteiger partial charge on any atom is -0.497 e. The number of rotatable bonds is 7. The van der Waals surface area contributed by atoms with Gasteiger partial charge in [0.2, 0.25) is 9.84 Å². The zero-order valence-electron chi connectivity index (χ0n) is 17.7. The van der Waals surface area contributed by atoms with Crippen LogP contribution >= 0.6 is 0 Å². The summed E-state index contributed by atoms with van der Waals surface area (Å²) in [4.78, 5) is 0.487. The van der Waals surface area contributed by atoms with Gasteiger partial charge in [-0.3, -0.25) is 0 Å². The minimum absolute atomic E-state index is 0.219. The largest absolute Gasteiger partial charge is 0.497 e. The molecule has 0 aliphatic heterocycles. The van der Waals surface area contributed by atoms with Gasteiger partial charge in [-0.15, -0.1) is 0 Å². The van der Waals surface area contributed by atoms with Crippen LogP contribution in [0.2, 0.25) is 0 Å². The van der Waals surface area contributed by atoms with Crippen LogP contribution < -0.4 is 14.2 Å². The Morgan fingerprint density at radius 2 is 0.812 bits per heavy atom. The predicted molar refractivity (Wildman–Crippen MR) is 123 cm³/mol. The molecule has 0 aliphatic rings. The van der Waals surface area contributed by atoms with Crippen molar-refractivity contribution >= 4 is 9.84 Å². The summed E-state index contributed by atoms with van der Waals surface area (Å²) in [6.07, 6.45) is 0. The predicted octanol–water partition coefficient (Wildman–Crippen LogP) is 6.42. The highest BCUT2D eigenvalue weighted by Crippen LogP contribution is 2.29. The summed E-state index contributed by atoms with van der Waals surface area (Å²) in [5, 5.41) is 0. The van der Waals surface area contributed by atoms with Gasteiger partial charge < -0.3 is 14.2 Å². The molecule has 6 heteroatoms. The van der Waals surface area contributed by atoms with Gasteiger partial charge in [0.1, 0.15) is 28.7 Å². The van der Waals surface area contributed by atoms with Crippen LogP contribution in [0.3, 0.4) is 0 Å². The Balaban J connectivity index is 1.42. The van der Waals surface area contributed by atoms with Gasteiger partial charge in [-0.1, -0.05) is 17.7 Å². The molecule has 0 atom stereocenters. The van der Waals surface area contributed by atoms with E-state index in [2.05, 4.69) is 0 Å². The topological polar surface area (TPSA) is 61.8 Å². The number of benzene rings is 4. The molecule has 4 aromatic rings. The maximum atomic E-state index is 12.8. The van der Waals surface area contributed by atoms with Gasteiger partial charge in [-0.25, -0.2) is 8.42 Å². The van der Waals surface area contributed by atoms with Crippen LogP contribution in [-0.4, -0.2) is 15.5 Å². The van der Waals surface area contributed by atoms with E-state index in [1.54, 1.807) is 79.9 Å². The van der Waals surface area contributed by atoms with Crippen molar-refractivity contribution in [2.45, 2.75) is 16.7 Å². The number of hydrogen-bond donors (Lipinski definition) is 0. The fourth-order valence-corrected chi connectivity index (χ4v) is 4.29. The Kier molecular flexibility index (Phi) is 6.14. The summed E-state index contributed by atoms with van der Waals surface area (Å²) < 4.78 is 42.3. The first-order valence-electron chi connectivity index (χ1n) is 9.96. The van der Waals surface area contributed by atoms with Crippen LogP contribution in [0.15, 0.2) is 107 Å². The lowest BCUT2D eigenvalue weighted by atomic mass is 10.2. The third-order valence-electron chi connectivity index (χ3n) is 4.82. The molecule has 0 heterocycles. The Morgan fingerprint density at radius 1 is 0.500 bits per heavy atom. The molecule has 0 fully saturated rings. The first kappa shape index (κ1) is 21.5. The molecule has 0 N–H and O–H groups in total. The minimum atomic E-state index is -3.57. The second-order valence-corrected chi connectivity index (χ2v) is 9.09. The van der Waals surface area contributed by atoms with E-state index in [0.29, 0.717) is 23.0 Å². The monoisotopic (exact) mass is 446 g/mol. The van der Waals surface area contributed by atoms with E-state index in [4.69, 9.17) is 14.2 Å². The van der Waals surface area contributed by atoms with Gasteiger partial charge >= 0.3 is 0 Å². The lowest BCUT2D eigenvalue weighted by molar-refractivity contribution is 0.413. The quantitative estimate of drug-likeness (QED) is 0.328. The second-order valence-electron chi connectivity index (χ2n) is 7.14. The average Bonchev–Trinajstić information content (AvgIpc) is 2.81.